The first-order valence-corrected chi connectivity index (χ1v) is 10.4. The molecule has 0 radical (unpaired) electrons. The first-order chi connectivity index (χ1) is 12.4. The van der Waals surface area contributed by atoms with Crippen molar-refractivity contribution in [3.8, 4) is 0 Å². The molecule has 0 aliphatic carbocycles. The Hall–Kier alpha value is -2.66. The van der Waals surface area contributed by atoms with E-state index < -0.39 is 30.0 Å². The smallest absolute Gasteiger partial charge is 0.295 e. The van der Waals surface area contributed by atoms with Crippen LogP contribution in [0.5, 0.6) is 0 Å². The fraction of sp³-hybridized carbons (Fsp3) is 0.0588. The summed E-state index contributed by atoms with van der Waals surface area (Å²) in [4.78, 5) is -1.00. The van der Waals surface area contributed by atoms with Gasteiger partial charge in [-0.2, -0.15) is 16.8 Å². The lowest BCUT2D eigenvalue weighted by Crippen LogP contribution is -2.04. The highest BCUT2D eigenvalue weighted by atomic mass is 32.2. The van der Waals surface area contributed by atoms with Crippen LogP contribution in [0.1, 0.15) is 5.56 Å². The molecule has 6 N–H and O–H groups in total. The second-order valence-corrected chi connectivity index (χ2v) is 8.51. The van der Waals surface area contributed by atoms with Crippen LogP contribution < -0.4 is 11.5 Å². The van der Waals surface area contributed by atoms with E-state index in [1.54, 1.807) is 0 Å². The third-order valence-electron chi connectivity index (χ3n) is 3.54. The molecule has 3 rings (SSSR count). The van der Waals surface area contributed by atoms with Gasteiger partial charge in [0, 0.05) is 22.1 Å². The normalized spacial score (nSPS) is 11.7. The zero-order valence-corrected chi connectivity index (χ0v) is 15.8. The molecule has 0 unspecified atom stereocenters. The van der Waals surface area contributed by atoms with Gasteiger partial charge >= 0.3 is 0 Å². The van der Waals surface area contributed by atoms with Gasteiger partial charge in [-0.15, -0.1) is 0 Å². The van der Waals surface area contributed by atoms with E-state index in [1.807, 2.05) is 31.2 Å². The maximum Gasteiger partial charge on any atom is 0.295 e. The Balaban J connectivity index is 0.000000273. The minimum atomic E-state index is -4.57. The zero-order chi connectivity index (χ0) is 20.4. The van der Waals surface area contributed by atoms with E-state index >= 15 is 0 Å². The van der Waals surface area contributed by atoms with Crippen molar-refractivity contribution in [3.05, 3.63) is 60.2 Å². The average Bonchev–Trinajstić information content (AvgIpc) is 2.52. The van der Waals surface area contributed by atoms with E-state index in [0.717, 1.165) is 17.8 Å². The summed E-state index contributed by atoms with van der Waals surface area (Å²) in [6.07, 6.45) is 0. The lowest BCUT2D eigenvalue weighted by molar-refractivity contribution is 0.481. The van der Waals surface area contributed by atoms with Crippen LogP contribution in [0.2, 0.25) is 0 Å². The molecule has 0 fully saturated rings. The van der Waals surface area contributed by atoms with Crippen LogP contribution in [0, 0.1) is 6.92 Å². The number of benzene rings is 3. The fourth-order valence-corrected chi connectivity index (χ4v) is 3.89. The Labute approximate surface area is 156 Å². The highest BCUT2D eigenvalue weighted by Gasteiger charge is 2.20. The highest BCUT2D eigenvalue weighted by Crippen LogP contribution is 2.30. The van der Waals surface area contributed by atoms with Gasteiger partial charge in [-0.3, -0.25) is 9.11 Å². The Bertz CT molecular complexity index is 1190. The van der Waals surface area contributed by atoms with Crippen molar-refractivity contribution in [2.24, 2.45) is 0 Å². The summed E-state index contributed by atoms with van der Waals surface area (Å²) in [6, 6.07) is 13.7. The maximum absolute atomic E-state index is 11.2. The van der Waals surface area contributed by atoms with Gasteiger partial charge in [0.25, 0.3) is 20.2 Å². The Kier molecular flexibility index (Phi) is 5.76. The Morgan fingerprint density at radius 2 is 1.30 bits per heavy atom. The largest absolute Gasteiger partial charge is 0.399 e. The van der Waals surface area contributed by atoms with Gasteiger partial charge < -0.3 is 11.5 Å². The molecule has 0 heterocycles. The summed E-state index contributed by atoms with van der Waals surface area (Å²) in [5.41, 5.74) is 12.9. The molecule has 27 heavy (non-hydrogen) atoms. The Morgan fingerprint density at radius 1 is 0.704 bits per heavy atom. The van der Waals surface area contributed by atoms with Gasteiger partial charge in [0.15, 0.2) is 0 Å². The van der Waals surface area contributed by atoms with E-state index in [2.05, 4.69) is 0 Å². The number of hydrogen-bond donors (Lipinski definition) is 4. The third-order valence-corrected chi connectivity index (χ3v) is 5.34. The number of aryl methyl sites for hydroxylation is 1. The van der Waals surface area contributed by atoms with Gasteiger partial charge in [0.1, 0.15) is 9.79 Å². The van der Waals surface area contributed by atoms with Gasteiger partial charge in [0.2, 0.25) is 0 Å². The zero-order valence-electron chi connectivity index (χ0n) is 14.2. The van der Waals surface area contributed by atoms with Crippen molar-refractivity contribution in [3.63, 3.8) is 0 Å². The number of anilines is 2. The first-order valence-electron chi connectivity index (χ1n) is 7.49. The van der Waals surface area contributed by atoms with E-state index in [0.29, 0.717) is 0 Å². The topological polar surface area (TPSA) is 161 Å². The molecule has 0 aromatic heterocycles. The lowest BCUT2D eigenvalue weighted by Gasteiger charge is -2.08. The van der Waals surface area contributed by atoms with Gasteiger partial charge in [-0.05, 0) is 42.8 Å². The summed E-state index contributed by atoms with van der Waals surface area (Å²) in [7, 11) is -9.11. The molecule has 0 spiro atoms. The van der Waals surface area contributed by atoms with Gasteiger partial charge in [-0.1, -0.05) is 24.3 Å². The molecule has 3 aromatic carbocycles. The molecule has 0 aliphatic heterocycles. The summed E-state index contributed by atoms with van der Waals surface area (Å²) in [5.74, 6) is 0. The van der Waals surface area contributed by atoms with Crippen molar-refractivity contribution in [1.82, 2.24) is 0 Å². The summed E-state index contributed by atoms with van der Waals surface area (Å²) >= 11 is 0. The van der Waals surface area contributed by atoms with E-state index in [-0.39, 0.29) is 16.5 Å². The van der Waals surface area contributed by atoms with Crippen LogP contribution in [-0.2, 0) is 20.2 Å². The number of nitrogens with two attached hydrogens (primary N) is 2. The number of nitrogen functional groups attached to an aromatic ring is 2. The van der Waals surface area contributed by atoms with Crippen molar-refractivity contribution < 1.29 is 25.9 Å². The maximum atomic E-state index is 11.2. The molecule has 10 heteroatoms. The molecule has 0 amide bonds. The molecule has 0 aliphatic rings. The minimum absolute atomic E-state index is 0.0492. The Morgan fingerprint density at radius 3 is 1.78 bits per heavy atom. The second kappa shape index (κ2) is 7.53. The first kappa shape index (κ1) is 20.6. The molecule has 8 nitrogen and oxygen atoms in total. The predicted molar refractivity (Wildman–Crippen MR) is 104 cm³/mol. The monoisotopic (exact) mass is 410 g/mol. The number of rotatable bonds is 2. The lowest BCUT2D eigenvalue weighted by atomic mass is 10.1. The van der Waals surface area contributed by atoms with Crippen LogP contribution in [0.25, 0.3) is 10.8 Å². The standard InChI is InChI=1S/C10H9NO6S2.C7H9N/c11-6-4-8-7(10(5-6)19(15,16)17)2-1-3-9(8)18(12,13)14;1-6-3-2-4-7(8)5-6/h1-5H,11H2,(H,12,13,14)(H,15,16,17);2-5H,8H2,1H3. The number of hydrogen-bond acceptors (Lipinski definition) is 6. The molecule has 144 valence electrons. The molecule has 0 saturated heterocycles. The van der Waals surface area contributed by atoms with Crippen LogP contribution in [0.4, 0.5) is 11.4 Å². The molecule has 3 aromatic rings. The number of fused-ring (bicyclic) bond motifs is 1. The van der Waals surface area contributed by atoms with Crippen LogP contribution in [-0.4, -0.2) is 25.9 Å². The van der Waals surface area contributed by atoms with E-state index in [1.165, 1.54) is 23.8 Å². The molecule has 0 atom stereocenters. The van der Waals surface area contributed by atoms with E-state index in [4.69, 9.17) is 20.6 Å². The average molecular weight is 410 g/mol. The summed E-state index contributed by atoms with van der Waals surface area (Å²) in [6.45, 7) is 2.02. The summed E-state index contributed by atoms with van der Waals surface area (Å²) < 4.78 is 63.1. The van der Waals surface area contributed by atoms with Crippen molar-refractivity contribution in [2.75, 3.05) is 11.5 Å². The second-order valence-electron chi connectivity index (χ2n) is 5.73. The molecular formula is C17H18N2O6S2. The minimum Gasteiger partial charge on any atom is -0.399 e. The van der Waals surface area contributed by atoms with Gasteiger partial charge in [0.05, 0.1) is 0 Å². The van der Waals surface area contributed by atoms with E-state index in [9.17, 15) is 16.8 Å². The van der Waals surface area contributed by atoms with Crippen LogP contribution in [0.15, 0.2) is 64.4 Å². The van der Waals surface area contributed by atoms with Gasteiger partial charge in [-0.25, -0.2) is 0 Å². The molecular weight excluding hydrogens is 392 g/mol. The van der Waals surface area contributed by atoms with Crippen LogP contribution in [0.3, 0.4) is 0 Å². The molecule has 0 bridgehead atoms. The third kappa shape index (κ3) is 5.17. The summed E-state index contributed by atoms with van der Waals surface area (Å²) in [5, 5.41) is -0.135. The fourth-order valence-electron chi connectivity index (χ4n) is 2.45. The van der Waals surface area contributed by atoms with Crippen molar-refractivity contribution in [2.45, 2.75) is 16.7 Å². The predicted octanol–water partition coefficient (Wildman–Crippen LogP) is 2.49. The SMILES string of the molecule is Cc1cccc(N)c1.Nc1cc(S(=O)(=O)O)c2cccc(S(=O)(=O)O)c2c1. The quantitative estimate of drug-likeness (QED) is 0.370. The highest BCUT2D eigenvalue weighted by molar-refractivity contribution is 7.86. The van der Waals surface area contributed by atoms with Crippen molar-refractivity contribution in [1.29, 1.82) is 0 Å². The molecule has 0 saturated carbocycles. The van der Waals surface area contributed by atoms with Crippen LogP contribution >= 0.6 is 0 Å². The van der Waals surface area contributed by atoms with Crippen molar-refractivity contribution >= 4 is 42.4 Å².